The van der Waals surface area contributed by atoms with Crippen molar-refractivity contribution in [3.63, 3.8) is 0 Å². The molecule has 2 N–H and O–H groups in total. The molecule has 3 atom stereocenters. The minimum Gasteiger partial charge on any atom is -0.748 e. The molecule has 376 valence electrons. The number of carbonyl (C=O) groups is 1. The van der Waals surface area contributed by atoms with E-state index >= 15 is 0 Å². The number of allylic oxidation sites excluding steroid dienone is 8. The number of unbranched alkanes of at least 4 members (excludes halogenated alkanes) is 2. The number of quaternary nitrogens is 1. The summed E-state index contributed by atoms with van der Waals surface area (Å²) < 4.78 is 154. The van der Waals surface area contributed by atoms with E-state index in [0.29, 0.717) is 108 Å². The summed E-state index contributed by atoms with van der Waals surface area (Å²) in [5, 5.41) is 9.62. The molecule has 3 aromatic rings. The van der Waals surface area contributed by atoms with E-state index in [0.717, 1.165) is 16.0 Å². The quantitative estimate of drug-likeness (QED) is 0.0709. The predicted octanol–water partition coefficient (Wildman–Crippen LogP) is -3.53. The number of nitrogens with zero attached hydrogens (tertiary/aromatic N) is 1. The summed E-state index contributed by atoms with van der Waals surface area (Å²) in [5.74, 6) is -1.63. The van der Waals surface area contributed by atoms with Gasteiger partial charge in [-0.2, -0.15) is 0 Å². The zero-order chi connectivity index (χ0) is 50.6. The van der Waals surface area contributed by atoms with Crippen LogP contribution in [0.1, 0.15) is 111 Å². The second-order valence-electron chi connectivity index (χ2n) is 19.0. The number of ether oxygens (including phenoxy) is 1. The molecule has 0 radical (unpaired) electrons. The summed E-state index contributed by atoms with van der Waals surface area (Å²) in [6.45, 7) is 4.71. The number of aromatic carboxylic acids is 1. The Morgan fingerprint density at radius 3 is 1.88 bits per heavy atom. The van der Waals surface area contributed by atoms with Crippen molar-refractivity contribution in [3.05, 3.63) is 135 Å². The van der Waals surface area contributed by atoms with Gasteiger partial charge in [-0.05, 0) is 124 Å². The number of hydrogen-bond donors (Lipinski definition) is 2. The molecule has 3 aromatic carbocycles. The fourth-order valence-corrected chi connectivity index (χ4v) is 13.8. The Morgan fingerprint density at radius 1 is 0.699 bits per heavy atom. The number of hydrogen-bond acceptors (Lipinski definition) is 15. The van der Waals surface area contributed by atoms with E-state index in [-0.39, 0.29) is 143 Å². The van der Waals surface area contributed by atoms with Gasteiger partial charge in [-0.25, -0.2) is 38.5 Å². The Labute approximate surface area is 494 Å². The first-order chi connectivity index (χ1) is 32.8. The molecule has 0 aromatic heterocycles. The Morgan fingerprint density at radius 2 is 1.29 bits per heavy atom. The van der Waals surface area contributed by atoms with Gasteiger partial charge < -0.3 is 33.0 Å². The fraction of sp³-hybridized carbons (Fsp3) is 0.408. The molecule has 1 aliphatic carbocycles. The summed E-state index contributed by atoms with van der Waals surface area (Å²) in [6.07, 6.45) is 13.8. The van der Waals surface area contributed by atoms with Crippen molar-refractivity contribution in [3.8, 4) is 5.75 Å². The number of anilines is 1. The molecule has 24 heteroatoms. The molecule has 17 nitrogen and oxygen atoms in total. The van der Waals surface area contributed by atoms with Crippen molar-refractivity contribution in [2.24, 2.45) is 0 Å². The fourth-order valence-electron chi connectivity index (χ4n) is 11.1. The normalized spacial score (nSPS) is 22.6. The van der Waals surface area contributed by atoms with E-state index < -0.39 is 68.8 Å². The van der Waals surface area contributed by atoms with Gasteiger partial charge in [-0.3, -0.25) is 4.90 Å². The number of nitrogens with one attached hydrogen (secondary N) is 1. The van der Waals surface area contributed by atoms with Crippen molar-refractivity contribution in [1.29, 1.82) is 0 Å². The van der Waals surface area contributed by atoms with Crippen LogP contribution >= 0.6 is 0 Å². The van der Waals surface area contributed by atoms with Crippen LogP contribution in [-0.4, -0.2) is 87.6 Å². The van der Waals surface area contributed by atoms with Gasteiger partial charge in [0.25, 0.3) is 0 Å². The summed E-state index contributed by atoms with van der Waals surface area (Å²) in [5.41, 5.74) is 4.18. The van der Waals surface area contributed by atoms with Crippen LogP contribution in [0.4, 0.5) is 11.4 Å². The van der Waals surface area contributed by atoms with Gasteiger partial charge in [0.1, 0.15) is 43.6 Å². The van der Waals surface area contributed by atoms with Crippen LogP contribution in [0.25, 0.3) is 0 Å². The first-order valence-corrected chi connectivity index (χ1v) is 29.1. The van der Waals surface area contributed by atoms with Crippen molar-refractivity contribution >= 4 is 57.8 Å². The zero-order valence-corrected chi connectivity index (χ0v) is 50.8. The van der Waals surface area contributed by atoms with Gasteiger partial charge in [-0.15, -0.1) is 0 Å². The molecule has 0 saturated carbocycles. The molecule has 0 bridgehead atoms. The van der Waals surface area contributed by atoms with Gasteiger partial charge in [0.2, 0.25) is 0 Å². The van der Waals surface area contributed by atoms with Crippen molar-refractivity contribution < 1.29 is 160 Å². The van der Waals surface area contributed by atoms with Crippen LogP contribution in [0, 0.1) is 0 Å². The molecule has 4 aliphatic heterocycles. The molecule has 0 saturated heterocycles. The third-order valence-electron chi connectivity index (χ3n) is 14.4. The minimum absolute atomic E-state index is 0. The number of rotatable bonds is 18. The van der Waals surface area contributed by atoms with Gasteiger partial charge in [0.05, 0.1) is 42.1 Å². The first kappa shape index (κ1) is 61.9. The van der Waals surface area contributed by atoms with E-state index in [1.807, 2.05) is 49.3 Å². The molecular formula is C49H53N2Na3O15S4. The van der Waals surface area contributed by atoms with Crippen LogP contribution in [0.3, 0.4) is 0 Å². The average molecular weight is 1110 g/mol. The monoisotopic (exact) mass is 1110 g/mol. The number of aryl methyl sites for hydroxylation is 1. The van der Waals surface area contributed by atoms with Crippen LogP contribution in [0.2, 0.25) is 0 Å². The van der Waals surface area contributed by atoms with Crippen molar-refractivity contribution in [1.82, 2.24) is 0 Å². The molecule has 5 aliphatic rings. The van der Waals surface area contributed by atoms with Gasteiger partial charge in [0, 0.05) is 68.9 Å². The van der Waals surface area contributed by atoms with Gasteiger partial charge in [-0.1, -0.05) is 50.1 Å². The summed E-state index contributed by atoms with van der Waals surface area (Å²) in [6, 6.07) is 11.8. The van der Waals surface area contributed by atoms with E-state index in [2.05, 4.69) is 0 Å². The topological polar surface area (TPSA) is 283 Å². The Bertz CT molecular complexity index is 3280. The maximum Gasteiger partial charge on any atom is 1.00 e. The maximum absolute atomic E-state index is 12.9. The molecule has 8 rings (SSSR count). The molecule has 0 amide bonds. The van der Waals surface area contributed by atoms with Crippen LogP contribution < -0.4 is 103 Å². The summed E-state index contributed by atoms with van der Waals surface area (Å²) >= 11 is 0. The smallest absolute Gasteiger partial charge is 0.748 e. The Kier molecular flexibility index (Phi) is 20.3. The largest absolute Gasteiger partial charge is 1.00 e. The second kappa shape index (κ2) is 24.0. The first-order valence-electron chi connectivity index (χ1n) is 23.1. The molecule has 4 heterocycles. The number of carboxylic acids is 1. The molecular weight excluding hydrogens is 1050 g/mol. The molecule has 3 unspecified atom stereocenters. The Hall–Kier alpha value is -1.97. The molecule has 73 heavy (non-hydrogen) atoms. The van der Waals surface area contributed by atoms with Crippen molar-refractivity contribution in [2.75, 3.05) is 29.5 Å². The van der Waals surface area contributed by atoms with Crippen LogP contribution in [-0.2, 0) is 64.1 Å². The number of carboxylic acid groups (broad SMARTS) is 1. The summed E-state index contributed by atoms with van der Waals surface area (Å²) in [7, 11) is -19.0. The predicted molar refractivity (Wildman–Crippen MR) is 254 cm³/mol. The SMILES string of the molecule is CC1(CCCCS(=O)(=O)[O-])C(/C=C/C2=C(Oc3ccc(C(=O)O)cc3)C(=C/C=C3/N4CCCc5ccc(S(=O)(=O)[O-])c(c54)C3(C)CCCCS(=O)(=O)[O-])/CCC2)=C[NH+]2CCc3ccc(S(=O)(=O)[O-])c1c32.[Na+].[Na+].[Na+]. The molecule has 0 spiro atoms. The van der Waals surface area contributed by atoms with E-state index in [1.165, 1.54) is 36.4 Å². The number of benzene rings is 3. The Balaban J connectivity index is 0.00000329. The summed E-state index contributed by atoms with van der Waals surface area (Å²) in [4.78, 5) is 13.9. The third-order valence-corrected chi connectivity index (χ3v) is 17.7. The maximum atomic E-state index is 12.9. The standard InChI is InChI=1S/C49H56N2O15S4.3Na/c1-48(25-3-5-29-67(54,55)56)37(31-50-28-24-33-16-22-39(69(60,61)62)42(48)44(33)50)18-12-34-9-7-10-35(46(34)66-38-19-13-36(14-20-38)47(52)53)17-23-41-49(2,26-4-6-30-68(57,58)59)43-40(70(63,64)65)21-15-32-11-8-27-51(41)45(32)43;;;/h12-23,31H,3-11,24-30H2,1-2H3,(H,52,53)(H,54,55,56)(H,57,58,59)(H,60,61,62)(H,63,64,65);;;/q;3*+1/p-3/b18-12+,35-17+,41-23+;;;. The van der Waals surface area contributed by atoms with Gasteiger partial charge in [0.15, 0.2) is 0 Å². The third kappa shape index (κ3) is 13.5. The second-order valence-corrected chi connectivity index (χ2v) is 24.8. The van der Waals surface area contributed by atoms with Crippen molar-refractivity contribution in [2.45, 2.75) is 112 Å². The average Bonchev–Trinajstić information content (AvgIpc) is 3.80. The van der Waals surface area contributed by atoms with E-state index in [4.69, 9.17) is 4.74 Å². The zero-order valence-electron chi connectivity index (χ0n) is 41.6. The van der Waals surface area contributed by atoms with Gasteiger partial charge >= 0.3 is 94.6 Å². The van der Waals surface area contributed by atoms with E-state index in [9.17, 15) is 61.8 Å². The van der Waals surface area contributed by atoms with Crippen LogP contribution in [0.15, 0.2) is 117 Å². The minimum atomic E-state index is -4.99. The van der Waals surface area contributed by atoms with Crippen LogP contribution in [0.5, 0.6) is 5.75 Å². The van der Waals surface area contributed by atoms with E-state index in [1.54, 1.807) is 12.1 Å². The molecule has 0 fully saturated rings.